The number of rotatable bonds is 4. The van der Waals surface area contributed by atoms with Gasteiger partial charge in [0.25, 0.3) is 0 Å². The number of nitrogens with two attached hydrogens (primary N) is 1. The van der Waals surface area contributed by atoms with Gasteiger partial charge in [-0.2, -0.15) is 0 Å². The van der Waals surface area contributed by atoms with E-state index in [-0.39, 0.29) is 4.77 Å². The van der Waals surface area contributed by atoms with Crippen molar-refractivity contribution < 1.29 is 5.53 Å². The van der Waals surface area contributed by atoms with Crippen LogP contribution in [0.2, 0.25) is 0 Å². The van der Waals surface area contributed by atoms with E-state index < -0.39 is 0 Å². The topological polar surface area (TPSA) is 88.8 Å². The summed E-state index contributed by atoms with van der Waals surface area (Å²) in [5.41, 5.74) is 7.13. The Labute approximate surface area is 72.1 Å². The Balaban J connectivity index is 2.39. The Kier molecular flexibility index (Phi) is 3.26. The van der Waals surface area contributed by atoms with E-state index in [1.807, 2.05) is 0 Å². The monoisotopic (exact) mass is 193 g/mol. The Morgan fingerprint density at radius 2 is 2.73 bits per heavy atom. The van der Waals surface area contributed by atoms with Crippen LogP contribution in [0.1, 0.15) is 0 Å². The smallest absolute Gasteiger partial charge is 0.0397 e. The molecule has 0 aliphatic carbocycles. The molecule has 0 bridgehead atoms. The molecule has 0 amide bonds. The van der Waals surface area contributed by atoms with Crippen molar-refractivity contribution in [1.29, 1.82) is 0 Å². The van der Waals surface area contributed by atoms with E-state index in [1.54, 1.807) is 0 Å². The second kappa shape index (κ2) is 4.26. The zero-order valence-electron chi connectivity index (χ0n) is 5.18. The lowest BCUT2D eigenvalue weighted by atomic mass is 11.2. The van der Waals surface area contributed by atoms with E-state index in [1.165, 1.54) is 11.0 Å². The lowest BCUT2D eigenvalue weighted by Crippen LogP contribution is -2.73. The fourth-order valence-electron chi connectivity index (χ4n) is 0.403. The molecule has 11 heavy (non-hydrogen) atoms. The summed E-state index contributed by atoms with van der Waals surface area (Å²) in [5, 5.41) is 7.03. The lowest BCUT2D eigenvalue weighted by molar-refractivity contribution is -0.545. The number of hydrogen-bond donors (Lipinski definition) is 2. The van der Waals surface area contributed by atoms with Crippen molar-refractivity contribution in [3.8, 4) is 0 Å². The maximum atomic E-state index is 4.95. The van der Waals surface area contributed by atoms with Crippen LogP contribution < -0.4 is 16.2 Å². The summed E-state index contributed by atoms with van der Waals surface area (Å²) >= 11 is 9.67. The molecule has 1 aromatic rings. The first-order valence-corrected chi connectivity index (χ1v) is 3.25. The van der Waals surface area contributed by atoms with Gasteiger partial charge >= 0.3 is 0 Å². The van der Waals surface area contributed by atoms with Crippen LogP contribution in [-0.2, 0) is 0 Å². The predicted octanol–water partition coefficient (Wildman–Crippen LogP) is -0.677. The van der Waals surface area contributed by atoms with Gasteiger partial charge in [0.1, 0.15) is 0 Å². The molecule has 62 valence electrons. The first-order valence-electron chi connectivity index (χ1n) is 2.50. The molecule has 1 rings (SSSR count). The summed E-state index contributed by atoms with van der Waals surface area (Å²) in [5.74, 6) is 0. The molecule has 1 aromatic heterocycles. The zero-order chi connectivity index (χ0) is 8.10. The van der Waals surface area contributed by atoms with Crippen LogP contribution in [0.3, 0.4) is 0 Å². The van der Waals surface area contributed by atoms with Gasteiger partial charge in [-0.15, -0.1) is 0 Å². The highest BCUT2D eigenvalue weighted by Crippen LogP contribution is 1.81. The minimum atomic E-state index is 0.289. The molecule has 0 fully saturated rings. The van der Waals surface area contributed by atoms with Crippen molar-refractivity contribution in [2.24, 2.45) is 0 Å². The third-order valence-electron chi connectivity index (χ3n) is 0.783. The average Bonchev–Trinajstić information content (AvgIpc) is 2.37. The molecule has 0 radical (unpaired) electrons. The maximum absolute atomic E-state index is 4.95. The highest BCUT2D eigenvalue weighted by molar-refractivity contribution is 7.71. The van der Waals surface area contributed by atoms with Gasteiger partial charge in [-0.1, -0.05) is 12.2 Å². The molecule has 0 unspecified atom stereocenters. The second-order valence-electron chi connectivity index (χ2n) is 1.43. The fraction of sp³-hybridized carbons (Fsp3) is 0. The van der Waals surface area contributed by atoms with Crippen LogP contribution in [0.25, 0.3) is 10.5 Å². The summed E-state index contributed by atoms with van der Waals surface area (Å²) in [4.78, 5) is 3.09. The van der Waals surface area contributed by atoms with Gasteiger partial charge in [-0.25, -0.2) is 11.8 Å². The van der Waals surface area contributed by atoms with Crippen molar-refractivity contribution in [2.45, 2.75) is 0 Å². The fourth-order valence-corrected chi connectivity index (χ4v) is 0.582. The molecule has 9 heteroatoms. The Bertz CT molecular complexity index is 253. The minimum Gasteiger partial charge on any atom is -0.457 e. The number of quaternary nitrogens is 1. The van der Waals surface area contributed by atoms with E-state index in [0.29, 0.717) is 0 Å². The lowest BCUT2D eigenvalue weighted by Gasteiger charge is -2.27. The Morgan fingerprint density at radius 3 is 3.27 bits per heavy atom. The molecule has 1 heterocycles. The van der Waals surface area contributed by atoms with Gasteiger partial charge in [0.05, 0.1) is 0 Å². The molecule has 0 saturated carbocycles. The van der Waals surface area contributed by atoms with Crippen LogP contribution in [0.15, 0.2) is 6.33 Å². The number of halogens is 1. The van der Waals surface area contributed by atoms with E-state index in [9.17, 15) is 0 Å². The maximum Gasteiger partial charge on any atom is 0.0397 e. The summed E-state index contributed by atoms with van der Waals surface area (Å²) in [7, 11) is 0. The van der Waals surface area contributed by atoms with Crippen LogP contribution in [0.4, 0.5) is 0 Å². The van der Waals surface area contributed by atoms with Gasteiger partial charge in [0.15, 0.2) is 0 Å². The van der Waals surface area contributed by atoms with Crippen LogP contribution in [-0.4, -0.2) is 9.77 Å². The van der Waals surface area contributed by atoms with E-state index in [2.05, 4.69) is 26.2 Å². The third kappa shape index (κ3) is 2.44. The molecule has 0 aromatic carbocycles. The number of hydrogen-bond acceptors (Lipinski definition) is 3. The summed E-state index contributed by atoms with van der Waals surface area (Å²) in [6.07, 6.45) is 1.38. The molecular weight excluding hydrogens is 190 g/mol. The first kappa shape index (κ1) is 8.43. The summed E-state index contributed by atoms with van der Waals surface area (Å²) in [6, 6.07) is 0. The van der Waals surface area contributed by atoms with Crippen molar-refractivity contribution >= 4 is 24.0 Å². The number of nitrogens with zero attached hydrogens (tertiary/aromatic N) is 5. The normalized spacial score (nSPS) is 9.91. The third-order valence-corrected chi connectivity index (χ3v) is 1.15. The van der Waals surface area contributed by atoms with Crippen molar-refractivity contribution in [3.63, 3.8) is 0 Å². The quantitative estimate of drug-likeness (QED) is 0.287. The zero-order valence-corrected chi connectivity index (χ0v) is 6.75. The van der Waals surface area contributed by atoms with Gasteiger partial charge in [-0.3, -0.25) is 5.10 Å². The summed E-state index contributed by atoms with van der Waals surface area (Å²) in [6.45, 7) is 0. The highest BCUT2D eigenvalue weighted by atomic mass is 35.5. The molecule has 3 N–H and O–H groups in total. The minimum absolute atomic E-state index is 0.289. The molecule has 0 aliphatic heterocycles. The van der Waals surface area contributed by atoms with Crippen molar-refractivity contribution in [2.75, 3.05) is 5.53 Å². The van der Waals surface area contributed by atoms with Gasteiger partial charge in [0.2, 0.25) is 0 Å². The number of nitrogens with one attached hydrogen (secondary N) is 1. The van der Waals surface area contributed by atoms with Crippen molar-refractivity contribution in [3.05, 3.63) is 21.6 Å². The van der Waals surface area contributed by atoms with Gasteiger partial charge in [0, 0.05) is 11.1 Å². The molecule has 7 nitrogen and oxygen atoms in total. The van der Waals surface area contributed by atoms with Crippen LogP contribution in [0.5, 0.6) is 0 Å². The van der Waals surface area contributed by atoms with Gasteiger partial charge in [-0.05, 0) is 0 Å². The highest BCUT2D eigenvalue weighted by Gasteiger charge is 1.71. The first-order chi connectivity index (χ1) is 5.34. The molecule has 0 atom stereocenters. The summed E-state index contributed by atoms with van der Waals surface area (Å²) < 4.78 is 1.63. The van der Waals surface area contributed by atoms with E-state index in [0.717, 1.165) is 5.53 Å². The standard InChI is InChI=1S/C2H5ClN7S/c3-6-7-8-9-10-1-4-5-2(10)11/h1,9H,7H2,(H,5,11)/q-1/p-1. The Hall–Kier alpha value is -0.670. The molecule has 0 spiro atoms. The van der Waals surface area contributed by atoms with Gasteiger partial charge < -0.3 is 31.3 Å². The van der Waals surface area contributed by atoms with Crippen molar-refractivity contribution in [1.82, 2.24) is 14.9 Å². The number of aromatic nitrogens is 3. The predicted molar refractivity (Wildman–Crippen MR) is 40.2 cm³/mol. The average molecular weight is 194 g/mol. The van der Waals surface area contributed by atoms with E-state index in [4.69, 9.17) is 24.0 Å². The largest absolute Gasteiger partial charge is 0.457 e. The molecule has 0 aliphatic rings. The van der Waals surface area contributed by atoms with E-state index >= 15 is 0 Å². The molecule has 0 saturated heterocycles. The SMILES string of the molecule is S=c1[n-]ncn1N[N-][NH2+][N-]Cl. The molecular formula is C2H4ClN7S-2. The van der Waals surface area contributed by atoms with Crippen LogP contribution in [0, 0.1) is 4.77 Å². The Morgan fingerprint density at radius 1 is 1.91 bits per heavy atom. The van der Waals surface area contributed by atoms with Crippen LogP contribution >= 0.6 is 24.0 Å². The second-order valence-corrected chi connectivity index (χ2v) is 1.99.